The molecule has 0 spiro atoms. The molecule has 21 heavy (non-hydrogen) atoms. The number of nitrogens with one attached hydrogen (secondary N) is 1. The Morgan fingerprint density at radius 3 is 2.33 bits per heavy atom. The van der Waals surface area contributed by atoms with Gasteiger partial charge in [0.25, 0.3) is 5.91 Å². The quantitative estimate of drug-likeness (QED) is 0.886. The molecule has 1 unspecified atom stereocenters. The van der Waals surface area contributed by atoms with Gasteiger partial charge in [0.05, 0.1) is 11.6 Å². The maximum atomic E-state index is 12.1. The summed E-state index contributed by atoms with van der Waals surface area (Å²) in [5.74, 6) is -0.271. The van der Waals surface area contributed by atoms with Crippen molar-refractivity contribution in [1.29, 1.82) is 0 Å². The van der Waals surface area contributed by atoms with E-state index in [4.69, 9.17) is 0 Å². The number of carbonyl (C=O) groups is 1. The minimum absolute atomic E-state index is 0.00360. The first-order valence-electron chi connectivity index (χ1n) is 6.87. The van der Waals surface area contributed by atoms with E-state index in [2.05, 4.69) is 10.2 Å². The van der Waals surface area contributed by atoms with Gasteiger partial charge in [-0.1, -0.05) is 42.5 Å². The summed E-state index contributed by atoms with van der Waals surface area (Å²) >= 11 is 0. The van der Waals surface area contributed by atoms with E-state index in [0.717, 1.165) is 5.56 Å². The van der Waals surface area contributed by atoms with Crippen LogP contribution in [0, 0.1) is 0 Å². The van der Waals surface area contributed by atoms with E-state index in [1.807, 2.05) is 44.4 Å². The van der Waals surface area contributed by atoms with E-state index in [-0.39, 0.29) is 17.7 Å². The van der Waals surface area contributed by atoms with Crippen molar-refractivity contribution < 1.29 is 9.90 Å². The molecule has 2 rings (SSSR count). The van der Waals surface area contributed by atoms with Crippen LogP contribution in [0.4, 0.5) is 0 Å². The van der Waals surface area contributed by atoms with Gasteiger partial charge < -0.3 is 15.3 Å². The van der Waals surface area contributed by atoms with E-state index in [1.165, 1.54) is 6.07 Å². The number of benzene rings is 2. The van der Waals surface area contributed by atoms with E-state index < -0.39 is 0 Å². The minimum Gasteiger partial charge on any atom is -0.507 e. The zero-order valence-corrected chi connectivity index (χ0v) is 12.3. The first-order valence-corrected chi connectivity index (χ1v) is 6.87. The molecular weight excluding hydrogens is 264 g/mol. The van der Waals surface area contributed by atoms with Crippen molar-refractivity contribution in [3.8, 4) is 5.75 Å². The van der Waals surface area contributed by atoms with Crippen molar-refractivity contribution >= 4 is 5.91 Å². The number of likely N-dealkylation sites (N-methyl/N-ethyl adjacent to an activating group) is 1. The number of hydrogen-bond acceptors (Lipinski definition) is 3. The number of rotatable bonds is 5. The highest BCUT2D eigenvalue weighted by atomic mass is 16.3. The summed E-state index contributed by atoms with van der Waals surface area (Å²) in [6, 6.07) is 16.6. The smallest absolute Gasteiger partial charge is 0.255 e. The van der Waals surface area contributed by atoms with Gasteiger partial charge in [-0.25, -0.2) is 0 Å². The first-order chi connectivity index (χ1) is 10.1. The van der Waals surface area contributed by atoms with Gasteiger partial charge in [-0.3, -0.25) is 4.79 Å². The predicted molar refractivity (Wildman–Crippen MR) is 83.3 cm³/mol. The van der Waals surface area contributed by atoms with Gasteiger partial charge in [0, 0.05) is 6.54 Å². The van der Waals surface area contributed by atoms with Crippen LogP contribution in [0.3, 0.4) is 0 Å². The van der Waals surface area contributed by atoms with Crippen molar-refractivity contribution in [2.45, 2.75) is 6.04 Å². The van der Waals surface area contributed by atoms with Crippen molar-refractivity contribution in [2.24, 2.45) is 0 Å². The van der Waals surface area contributed by atoms with E-state index in [9.17, 15) is 9.90 Å². The molecule has 0 saturated heterocycles. The van der Waals surface area contributed by atoms with Crippen LogP contribution in [0.2, 0.25) is 0 Å². The molecule has 4 heteroatoms. The molecule has 2 aromatic rings. The number of phenolic OH excluding ortho intramolecular Hbond substituents is 1. The first kappa shape index (κ1) is 15.1. The Bertz CT molecular complexity index is 597. The standard InChI is InChI=1S/C17H20N2O2/c1-19(2)15(13-8-4-3-5-9-13)12-18-17(21)14-10-6-7-11-16(14)20/h3-11,15,20H,12H2,1-2H3,(H,18,21). The van der Waals surface area contributed by atoms with Crippen LogP contribution < -0.4 is 5.32 Å². The van der Waals surface area contributed by atoms with Crippen molar-refractivity contribution in [3.05, 3.63) is 65.7 Å². The van der Waals surface area contributed by atoms with Crippen molar-refractivity contribution in [2.75, 3.05) is 20.6 Å². The van der Waals surface area contributed by atoms with E-state index in [0.29, 0.717) is 12.1 Å². The zero-order chi connectivity index (χ0) is 15.2. The Labute approximate surface area is 125 Å². The highest BCUT2D eigenvalue weighted by molar-refractivity contribution is 5.96. The lowest BCUT2D eigenvalue weighted by Gasteiger charge is -2.25. The Hall–Kier alpha value is -2.33. The molecule has 0 saturated carbocycles. The normalized spacial score (nSPS) is 12.1. The van der Waals surface area contributed by atoms with Crippen LogP contribution in [-0.2, 0) is 0 Å². The van der Waals surface area contributed by atoms with Crippen molar-refractivity contribution in [3.63, 3.8) is 0 Å². The fraction of sp³-hybridized carbons (Fsp3) is 0.235. The number of nitrogens with zero attached hydrogens (tertiary/aromatic N) is 1. The molecule has 1 atom stereocenters. The van der Waals surface area contributed by atoms with Gasteiger partial charge in [-0.05, 0) is 31.8 Å². The molecule has 0 aliphatic carbocycles. The predicted octanol–water partition coefficient (Wildman–Crippen LogP) is 2.42. The van der Waals surface area contributed by atoms with E-state index >= 15 is 0 Å². The molecule has 0 fully saturated rings. The highest BCUT2D eigenvalue weighted by Crippen LogP contribution is 2.18. The van der Waals surface area contributed by atoms with Gasteiger partial charge in [0.15, 0.2) is 0 Å². The lowest BCUT2D eigenvalue weighted by atomic mass is 10.1. The number of hydrogen-bond donors (Lipinski definition) is 2. The highest BCUT2D eigenvalue weighted by Gasteiger charge is 2.16. The average molecular weight is 284 g/mol. The number of para-hydroxylation sites is 1. The summed E-state index contributed by atoms with van der Waals surface area (Å²) in [6.45, 7) is 0.476. The number of phenols is 1. The van der Waals surface area contributed by atoms with Crippen LogP contribution in [0.1, 0.15) is 22.0 Å². The second-order valence-electron chi connectivity index (χ2n) is 5.12. The molecular formula is C17H20N2O2. The third-order valence-corrected chi connectivity index (χ3v) is 3.41. The maximum absolute atomic E-state index is 12.1. The number of amides is 1. The lowest BCUT2D eigenvalue weighted by Crippen LogP contribution is -2.34. The zero-order valence-electron chi connectivity index (χ0n) is 12.3. The molecule has 0 radical (unpaired) electrons. The monoisotopic (exact) mass is 284 g/mol. The number of carbonyl (C=O) groups excluding carboxylic acids is 1. The molecule has 1 amide bonds. The molecule has 110 valence electrons. The topological polar surface area (TPSA) is 52.6 Å². The van der Waals surface area contributed by atoms with Gasteiger partial charge in [0.2, 0.25) is 0 Å². The van der Waals surface area contributed by atoms with Crippen LogP contribution in [0.15, 0.2) is 54.6 Å². The fourth-order valence-electron chi connectivity index (χ4n) is 2.22. The average Bonchev–Trinajstić information content (AvgIpc) is 2.48. The van der Waals surface area contributed by atoms with Crippen LogP contribution >= 0.6 is 0 Å². The Balaban J connectivity index is 2.06. The molecule has 2 N–H and O–H groups in total. The largest absolute Gasteiger partial charge is 0.507 e. The third-order valence-electron chi connectivity index (χ3n) is 3.41. The third kappa shape index (κ3) is 3.83. The maximum Gasteiger partial charge on any atom is 0.255 e. The molecule has 0 bridgehead atoms. The SMILES string of the molecule is CN(C)C(CNC(=O)c1ccccc1O)c1ccccc1. The summed E-state index contributed by atoms with van der Waals surface area (Å²) in [5, 5.41) is 12.6. The second kappa shape index (κ2) is 6.90. The van der Waals surface area contributed by atoms with Gasteiger partial charge in [-0.15, -0.1) is 0 Å². The fourth-order valence-corrected chi connectivity index (χ4v) is 2.22. The molecule has 4 nitrogen and oxygen atoms in total. The summed E-state index contributed by atoms with van der Waals surface area (Å²) < 4.78 is 0. The number of aromatic hydroxyl groups is 1. The molecule has 0 aliphatic heterocycles. The summed E-state index contributed by atoms with van der Waals surface area (Å²) in [6.07, 6.45) is 0. The Morgan fingerprint density at radius 2 is 1.71 bits per heavy atom. The van der Waals surface area contributed by atoms with Crippen LogP contribution in [-0.4, -0.2) is 36.6 Å². The summed E-state index contributed by atoms with van der Waals surface area (Å²) in [5.41, 5.74) is 1.43. The minimum atomic E-state index is -0.268. The second-order valence-corrected chi connectivity index (χ2v) is 5.12. The molecule has 2 aromatic carbocycles. The van der Waals surface area contributed by atoms with Crippen LogP contribution in [0.5, 0.6) is 5.75 Å². The van der Waals surface area contributed by atoms with Crippen LogP contribution in [0.25, 0.3) is 0 Å². The van der Waals surface area contributed by atoms with E-state index in [1.54, 1.807) is 18.2 Å². The molecule has 0 aliphatic rings. The van der Waals surface area contributed by atoms with Gasteiger partial charge in [-0.2, -0.15) is 0 Å². The summed E-state index contributed by atoms with van der Waals surface area (Å²) in [4.78, 5) is 14.2. The molecule has 0 heterocycles. The van der Waals surface area contributed by atoms with Gasteiger partial charge >= 0.3 is 0 Å². The Morgan fingerprint density at radius 1 is 1.10 bits per heavy atom. The molecule has 0 aromatic heterocycles. The summed E-state index contributed by atoms with van der Waals surface area (Å²) in [7, 11) is 3.95. The van der Waals surface area contributed by atoms with Gasteiger partial charge in [0.1, 0.15) is 5.75 Å². The van der Waals surface area contributed by atoms with Crippen molar-refractivity contribution in [1.82, 2.24) is 10.2 Å². The Kier molecular flexibility index (Phi) is 4.95. The lowest BCUT2D eigenvalue weighted by molar-refractivity contribution is 0.0939.